The van der Waals surface area contributed by atoms with Gasteiger partial charge >= 0.3 is 0 Å². The molecule has 35 heavy (non-hydrogen) atoms. The second-order valence-electron chi connectivity index (χ2n) is 10.7. The normalized spacial score (nSPS) is 33.9. The Balaban J connectivity index is 1.19. The van der Waals surface area contributed by atoms with Gasteiger partial charge in [-0.1, -0.05) is 42.0 Å². The molecule has 1 N–H and O–H groups in total. The quantitative estimate of drug-likeness (QED) is 0.451. The molecule has 0 radical (unpaired) electrons. The molecule has 2 heterocycles. The van der Waals surface area contributed by atoms with E-state index in [-0.39, 0.29) is 31.2 Å². The number of allylic oxidation sites excluding steroid dienone is 1. The Morgan fingerprint density at radius 1 is 0.971 bits per heavy atom. The lowest BCUT2D eigenvalue weighted by molar-refractivity contribution is -0.211. The highest BCUT2D eigenvalue weighted by Gasteiger charge is 2.48. The molecule has 2 saturated heterocycles. The first-order chi connectivity index (χ1) is 17.3. The van der Waals surface area contributed by atoms with Crippen molar-refractivity contribution in [3.63, 3.8) is 0 Å². The Hall–Kier alpha value is -1.28. The number of rotatable bonds is 11. The summed E-state index contributed by atoms with van der Waals surface area (Å²) in [5.74, 6) is 1.30. The van der Waals surface area contributed by atoms with Crippen molar-refractivity contribution in [1.29, 1.82) is 0 Å². The monoisotopic (exact) mass is 486 g/mol. The van der Waals surface area contributed by atoms with E-state index in [2.05, 4.69) is 18.2 Å². The van der Waals surface area contributed by atoms with Crippen molar-refractivity contribution < 1.29 is 28.8 Å². The molecular formula is C29H42O6. The standard InChI is InChI=1S/C29H42O6/c30-17-24(19-31-18-21-8-2-1-3-9-21)22-14-23-16-27(35-29-11-5-7-13-33-29)26(25(23)15-22)20-34-28-10-4-6-12-32-28/h1-3,8-9,14,23-30H,4-7,10-13,15-20H2/t23?,24?,25?,26-,27-,28?,29?/m1/s1. The molecule has 0 aromatic heterocycles. The van der Waals surface area contributed by atoms with Gasteiger partial charge in [0.15, 0.2) is 12.6 Å². The Bertz CT molecular complexity index is 786. The van der Waals surface area contributed by atoms with Crippen LogP contribution in [0.4, 0.5) is 0 Å². The van der Waals surface area contributed by atoms with Gasteiger partial charge in [0, 0.05) is 25.0 Å². The van der Waals surface area contributed by atoms with Crippen LogP contribution in [0.1, 0.15) is 56.9 Å². The summed E-state index contributed by atoms with van der Waals surface area (Å²) in [4.78, 5) is 0. The maximum Gasteiger partial charge on any atom is 0.157 e. The Labute approximate surface area is 209 Å². The molecule has 3 fully saturated rings. The maximum atomic E-state index is 10.2. The highest BCUT2D eigenvalue weighted by atomic mass is 16.7. The van der Waals surface area contributed by atoms with Crippen molar-refractivity contribution in [3.8, 4) is 0 Å². The van der Waals surface area contributed by atoms with E-state index in [9.17, 15) is 5.11 Å². The van der Waals surface area contributed by atoms with Gasteiger partial charge in [0.05, 0.1) is 32.5 Å². The molecule has 0 bridgehead atoms. The zero-order valence-corrected chi connectivity index (χ0v) is 20.9. The molecular weight excluding hydrogens is 444 g/mol. The van der Waals surface area contributed by atoms with Crippen LogP contribution < -0.4 is 0 Å². The highest BCUT2D eigenvalue weighted by Crippen LogP contribution is 2.50. The summed E-state index contributed by atoms with van der Waals surface area (Å²) in [5, 5.41) is 10.2. The predicted octanol–water partition coefficient (Wildman–Crippen LogP) is 4.85. The van der Waals surface area contributed by atoms with E-state index in [0.29, 0.717) is 37.6 Å². The van der Waals surface area contributed by atoms with Crippen molar-refractivity contribution >= 4 is 0 Å². The number of hydrogen-bond donors (Lipinski definition) is 1. The maximum absolute atomic E-state index is 10.2. The van der Waals surface area contributed by atoms with Crippen LogP contribution >= 0.6 is 0 Å². The number of hydrogen-bond acceptors (Lipinski definition) is 6. The minimum absolute atomic E-state index is 0.0496. The summed E-state index contributed by atoms with van der Waals surface area (Å²) >= 11 is 0. The lowest BCUT2D eigenvalue weighted by Gasteiger charge is -2.32. The molecule has 5 rings (SSSR count). The van der Waals surface area contributed by atoms with Gasteiger partial charge in [-0.2, -0.15) is 0 Å². The fourth-order valence-electron chi connectivity index (χ4n) is 6.26. The zero-order chi connectivity index (χ0) is 23.9. The van der Waals surface area contributed by atoms with Gasteiger partial charge in [0.25, 0.3) is 0 Å². The molecule has 1 aromatic carbocycles. The first-order valence-corrected chi connectivity index (χ1v) is 13.7. The molecule has 5 unspecified atom stereocenters. The third-order valence-electron chi connectivity index (χ3n) is 8.23. The molecule has 4 aliphatic rings. The molecule has 0 amide bonds. The van der Waals surface area contributed by atoms with Gasteiger partial charge in [-0.3, -0.25) is 0 Å². The summed E-state index contributed by atoms with van der Waals surface area (Å²) < 4.78 is 30.6. The first-order valence-electron chi connectivity index (χ1n) is 13.7. The van der Waals surface area contributed by atoms with E-state index in [4.69, 9.17) is 23.7 Å². The number of fused-ring (bicyclic) bond motifs is 1. The Morgan fingerprint density at radius 2 is 1.74 bits per heavy atom. The lowest BCUT2D eigenvalue weighted by Crippen LogP contribution is -2.35. The van der Waals surface area contributed by atoms with Crippen LogP contribution in [0, 0.1) is 23.7 Å². The molecule has 194 valence electrons. The first kappa shape index (κ1) is 25.4. The SMILES string of the molecule is OCC(COCc1ccccc1)C1=CC2C[C@@H](OC3CCCCO3)[C@H](COC3CCCCO3)C2C1. The summed E-state index contributed by atoms with van der Waals surface area (Å²) in [6.07, 6.45) is 10.9. The lowest BCUT2D eigenvalue weighted by atomic mass is 9.88. The second kappa shape index (κ2) is 12.8. The van der Waals surface area contributed by atoms with Gasteiger partial charge in [0.1, 0.15) is 0 Å². The van der Waals surface area contributed by atoms with Gasteiger partial charge in [0.2, 0.25) is 0 Å². The summed E-state index contributed by atoms with van der Waals surface area (Å²) in [6, 6.07) is 10.2. The van der Waals surface area contributed by atoms with Crippen molar-refractivity contribution in [3.05, 3.63) is 47.5 Å². The smallest absolute Gasteiger partial charge is 0.157 e. The molecule has 2 aliphatic heterocycles. The van der Waals surface area contributed by atoms with E-state index in [1.54, 1.807) is 0 Å². The zero-order valence-electron chi connectivity index (χ0n) is 20.9. The molecule has 0 spiro atoms. The van der Waals surface area contributed by atoms with Crippen molar-refractivity contribution in [1.82, 2.24) is 0 Å². The topological polar surface area (TPSA) is 66.4 Å². The van der Waals surface area contributed by atoms with Crippen LogP contribution in [-0.2, 0) is 30.3 Å². The molecule has 2 aliphatic carbocycles. The number of aliphatic hydroxyl groups excluding tert-OH is 1. The average Bonchev–Trinajstić information content (AvgIpc) is 3.45. The van der Waals surface area contributed by atoms with Crippen LogP contribution in [0.15, 0.2) is 42.0 Å². The summed E-state index contributed by atoms with van der Waals surface area (Å²) in [7, 11) is 0. The average molecular weight is 487 g/mol. The fourth-order valence-corrected chi connectivity index (χ4v) is 6.26. The van der Waals surface area contributed by atoms with Crippen LogP contribution in [0.5, 0.6) is 0 Å². The van der Waals surface area contributed by atoms with Crippen LogP contribution in [-0.4, -0.2) is 56.8 Å². The van der Waals surface area contributed by atoms with Crippen LogP contribution in [0.3, 0.4) is 0 Å². The summed E-state index contributed by atoms with van der Waals surface area (Å²) in [6.45, 7) is 3.50. The largest absolute Gasteiger partial charge is 0.396 e. The molecule has 1 aromatic rings. The second-order valence-corrected chi connectivity index (χ2v) is 10.7. The minimum atomic E-state index is -0.0835. The van der Waals surface area contributed by atoms with E-state index >= 15 is 0 Å². The highest BCUT2D eigenvalue weighted by molar-refractivity contribution is 5.21. The Morgan fingerprint density at radius 3 is 2.46 bits per heavy atom. The molecule has 6 nitrogen and oxygen atoms in total. The third kappa shape index (κ3) is 6.73. The van der Waals surface area contributed by atoms with Crippen molar-refractivity contribution in [2.24, 2.45) is 23.7 Å². The van der Waals surface area contributed by atoms with E-state index in [1.807, 2.05) is 18.2 Å². The molecule has 1 saturated carbocycles. The van der Waals surface area contributed by atoms with E-state index < -0.39 is 0 Å². The molecule has 6 heteroatoms. The van der Waals surface area contributed by atoms with Gasteiger partial charge in [-0.15, -0.1) is 0 Å². The minimum Gasteiger partial charge on any atom is -0.396 e. The summed E-state index contributed by atoms with van der Waals surface area (Å²) in [5.41, 5.74) is 2.50. The van der Waals surface area contributed by atoms with Gasteiger partial charge < -0.3 is 28.8 Å². The molecule has 7 atom stereocenters. The van der Waals surface area contributed by atoms with Crippen LogP contribution in [0.2, 0.25) is 0 Å². The van der Waals surface area contributed by atoms with Crippen molar-refractivity contribution in [2.45, 2.75) is 76.7 Å². The third-order valence-corrected chi connectivity index (χ3v) is 8.23. The van der Waals surface area contributed by atoms with Crippen molar-refractivity contribution in [2.75, 3.05) is 33.0 Å². The van der Waals surface area contributed by atoms with E-state index in [1.165, 1.54) is 18.4 Å². The number of ether oxygens (including phenoxy) is 5. The fraction of sp³-hybridized carbons (Fsp3) is 0.724. The predicted molar refractivity (Wildman–Crippen MR) is 132 cm³/mol. The number of benzene rings is 1. The Kier molecular flexibility index (Phi) is 9.28. The van der Waals surface area contributed by atoms with Gasteiger partial charge in [-0.25, -0.2) is 0 Å². The number of aliphatic hydroxyl groups is 1. The van der Waals surface area contributed by atoms with Crippen LogP contribution in [0.25, 0.3) is 0 Å². The van der Waals surface area contributed by atoms with Gasteiger partial charge in [-0.05, 0) is 68.8 Å². The van der Waals surface area contributed by atoms with E-state index in [0.717, 1.165) is 57.3 Å².